The highest BCUT2D eigenvalue weighted by Crippen LogP contribution is 2.42. The molecule has 3 aliphatic heterocycles. The molecule has 0 spiro atoms. The molecule has 3 heteroatoms. The van der Waals surface area contributed by atoms with Crippen LogP contribution in [0.2, 0.25) is 0 Å². The van der Waals surface area contributed by atoms with Crippen molar-refractivity contribution in [3.63, 3.8) is 0 Å². The molecule has 0 aliphatic carbocycles. The van der Waals surface area contributed by atoms with Gasteiger partial charge in [0.25, 0.3) is 0 Å². The van der Waals surface area contributed by atoms with Crippen molar-refractivity contribution in [1.82, 2.24) is 4.90 Å². The van der Waals surface area contributed by atoms with Gasteiger partial charge in [0.15, 0.2) is 0 Å². The molecule has 104 valence electrons. The van der Waals surface area contributed by atoms with Crippen LogP contribution in [0.3, 0.4) is 0 Å². The lowest BCUT2D eigenvalue weighted by Gasteiger charge is -2.50. The maximum Gasteiger partial charge on any atom is 0.105 e. The van der Waals surface area contributed by atoms with Crippen LogP contribution >= 0.6 is 11.3 Å². The second-order valence-corrected chi connectivity index (χ2v) is 6.98. The first kappa shape index (κ1) is 12.6. The first-order valence-corrected chi connectivity index (χ1v) is 8.23. The normalized spacial score (nSPS) is 32.5. The Labute approximate surface area is 123 Å². The van der Waals surface area contributed by atoms with Gasteiger partial charge >= 0.3 is 0 Å². The maximum absolute atomic E-state index is 11.1. The van der Waals surface area contributed by atoms with Gasteiger partial charge in [0.05, 0.1) is 0 Å². The van der Waals surface area contributed by atoms with Gasteiger partial charge in [-0.3, -0.25) is 0 Å². The van der Waals surface area contributed by atoms with E-state index in [-0.39, 0.29) is 0 Å². The van der Waals surface area contributed by atoms with E-state index in [1.165, 1.54) is 10.4 Å². The molecular weight excluding hydrogens is 266 g/mol. The molecule has 3 saturated heterocycles. The molecule has 2 aromatic rings. The van der Waals surface area contributed by atoms with Crippen LogP contribution in [0.4, 0.5) is 0 Å². The van der Waals surface area contributed by atoms with Crippen LogP contribution in [0, 0.1) is 5.92 Å². The Balaban J connectivity index is 1.66. The van der Waals surface area contributed by atoms with Crippen LogP contribution in [0.1, 0.15) is 18.4 Å². The van der Waals surface area contributed by atoms with Gasteiger partial charge in [0, 0.05) is 11.4 Å². The molecule has 20 heavy (non-hydrogen) atoms. The summed E-state index contributed by atoms with van der Waals surface area (Å²) in [5.74, 6) is 0.431. The first-order valence-electron chi connectivity index (χ1n) is 7.35. The van der Waals surface area contributed by atoms with Crippen molar-refractivity contribution in [2.24, 2.45) is 5.92 Å². The predicted octanol–water partition coefficient (Wildman–Crippen LogP) is 3.33. The van der Waals surface area contributed by atoms with Gasteiger partial charge in [0.1, 0.15) is 5.60 Å². The van der Waals surface area contributed by atoms with Crippen molar-refractivity contribution < 1.29 is 5.11 Å². The Hall–Kier alpha value is -1.16. The van der Waals surface area contributed by atoms with E-state index in [9.17, 15) is 5.11 Å². The molecule has 1 aromatic carbocycles. The monoisotopic (exact) mass is 285 g/mol. The fourth-order valence-electron chi connectivity index (χ4n) is 3.73. The number of rotatable bonds is 2. The average molecular weight is 285 g/mol. The van der Waals surface area contributed by atoms with Gasteiger partial charge in [-0.15, -0.1) is 11.3 Å². The van der Waals surface area contributed by atoms with Gasteiger partial charge in [-0.25, -0.2) is 0 Å². The first-order chi connectivity index (χ1) is 9.75. The lowest BCUT2D eigenvalue weighted by atomic mass is 9.71. The standard InChI is InChI=1S/C17H19NOS/c19-17(12-18-9-7-15(17)8-10-18)14-5-3-13(4-6-14)16-2-1-11-20-16/h1-6,11,15,19H,7-10,12H2/t17-/m0/s1. The van der Waals surface area contributed by atoms with Crippen LogP contribution in [0.5, 0.6) is 0 Å². The van der Waals surface area contributed by atoms with Crippen molar-refractivity contribution in [2.75, 3.05) is 19.6 Å². The molecule has 0 unspecified atom stereocenters. The SMILES string of the molecule is O[C@]1(c2ccc(-c3cccs3)cc2)CN2CCC1CC2. The van der Waals surface area contributed by atoms with E-state index in [1.54, 1.807) is 11.3 Å². The highest BCUT2D eigenvalue weighted by Gasteiger charge is 2.46. The van der Waals surface area contributed by atoms with Crippen molar-refractivity contribution in [3.05, 3.63) is 47.3 Å². The third kappa shape index (κ3) is 1.93. The Morgan fingerprint density at radius 2 is 1.85 bits per heavy atom. The molecule has 4 heterocycles. The van der Waals surface area contributed by atoms with E-state index in [2.05, 4.69) is 46.7 Å². The summed E-state index contributed by atoms with van der Waals surface area (Å²) in [7, 11) is 0. The molecule has 1 aromatic heterocycles. The van der Waals surface area contributed by atoms with Crippen LogP contribution in [-0.4, -0.2) is 29.6 Å². The lowest BCUT2D eigenvalue weighted by molar-refractivity contribution is -0.117. The quantitative estimate of drug-likeness (QED) is 0.915. The number of benzene rings is 1. The molecule has 3 aliphatic rings. The van der Waals surface area contributed by atoms with E-state index >= 15 is 0 Å². The Bertz CT molecular complexity index is 584. The highest BCUT2D eigenvalue weighted by atomic mass is 32.1. The van der Waals surface area contributed by atoms with Gasteiger partial charge in [0.2, 0.25) is 0 Å². The number of aliphatic hydroxyl groups is 1. The number of hydrogen-bond acceptors (Lipinski definition) is 3. The summed E-state index contributed by atoms with van der Waals surface area (Å²) >= 11 is 1.76. The van der Waals surface area contributed by atoms with E-state index in [0.717, 1.165) is 38.0 Å². The van der Waals surface area contributed by atoms with E-state index in [4.69, 9.17) is 0 Å². The minimum atomic E-state index is -0.634. The van der Waals surface area contributed by atoms with Crippen molar-refractivity contribution in [2.45, 2.75) is 18.4 Å². The Kier molecular flexibility index (Phi) is 2.95. The highest BCUT2D eigenvalue weighted by molar-refractivity contribution is 7.13. The van der Waals surface area contributed by atoms with Crippen LogP contribution in [0.15, 0.2) is 41.8 Å². The summed E-state index contributed by atoms with van der Waals surface area (Å²) in [6, 6.07) is 12.8. The van der Waals surface area contributed by atoms with Crippen LogP contribution < -0.4 is 0 Å². The minimum absolute atomic E-state index is 0.431. The van der Waals surface area contributed by atoms with E-state index < -0.39 is 5.60 Å². The molecule has 3 fully saturated rings. The molecule has 2 nitrogen and oxygen atoms in total. The van der Waals surface area contributed by atoms with Crippen molar-refractivity contribution in [1.29, 1.82) is 0 Å². The average Bonchev–Trinajstić information content (AvgIpc) is 3.03. The van der Waals surface area contributed by atoms with Gasteiger partial charge in [-0.1, -0.05) is 30.3 Å². The molecule has 1 N–H and O–H groups in total. The van der Waals surface area contributed by atoms with Crippen molar-refractivity contribution >= 4 is 11.3 Å². The smallest absolute Gasteiger partial charge is 0.105 e. The molecule has 5 rings (SSSR count). The zero-order chi connectivity index (χ0) is 13.6. The summed E-state index contributed by atoms with van der Waals surface area (Å²) < 4.78 is 0. The second kappa shape index (κ2) is 4.69. The third-order valence-corrected chi connectivity index (χ3v) is 5.84. The van der Waals surface area contributed by atoms with Gasteiger partial charge in [-0.2, -0.15) is 0 Å². The summed E-state index contributed by atoms with van der Waals surface area (Å²) in [5, 5.41) is 13.2. The Morgan fingerprint density at radius 1 is 1.10 bits per heavy atom. The molecule has 0 radical (unpaired) electrons. The molecule has 1 atom stereocenters. The summed E-state index contributed by atoms with van der Waals surface area (Å²) in [6.45, 7) is 3.11. The number of fused-ring (bicyclic) bond motifs is 3. The van der Waals surface area contributed by atoms with E-state index in [1.807, 2.05) is 0 Å². The van der Waals surface area contributed by atoms with E-state index in [0.29, 0.717) is 5.92 Å². The summed E-state index contributed by atoms with van der Waals surface area (Å²) in [4.78, 5) is 3.69. The molecule has 0 saturated carbocycles. The number of hydrogen-bond donors (Lipinski definition) is 1. The largest absolute Gasteiger partial charge is 0.384 e. The maximum atomic E-state index is 11.1. The summed E-state index contributed by atoms with van der Waals surface area (Å²) in [6.07, 6.45) is 2.26. The summed E-state index contributed by atoms with van der Waals surface area (Å²) in [5.41, 5.74) is 1.70. The third-order valence-electron chi connectivity index (χ3n) is 4.92. The number of piperidine rings is 3. The number of thiophene rings is 1. The van der Waals surface area contributed by atoms with Crippen LogP contribution in [0.25, 0.3) is 10.4 Å². The van der Waals surface area contributed by atoms with Crippen LogP contribution in [-0.2, 0) is 5.60 Å². The fourth-order valence-corrected chi connectivity index (χ4v) is 4.46. The zero-order valence-corrected chi connectivity index (χ0v) is 12.3. The van der Waals surface area contributed by atoms with Gasteiger partial charge in [-0.05, 0) is 54.4 Å². The molecule has 0 amide bonds. The topological polar surface area (TPSA) is 23.5 Å². The van der Waals surface area contributed by atoms with Gasteiger partial charge < -0.3 is 10.0 Å². The Morgan fingerprint density at radius 3 is 2.40 bits per heavy atom. The predicted molar refractivity (Wildman–Crippen MR) is 82.8 cm³/mol. The molecular formula is C17H19NOS. The minimum Gasteiger partial charge on any atom is -0.384 e. The number of nitrogens with zero attached hydrogens (tertiary/aromatic N) is 1. The fraction of sp³-hybridized carbons (Fsp3) is 0.412. The molecule has 2 bridgehead atoms. The van der Waals surface area contributed by atoms with Crippen molar-refractivity contribution in [3.8, 4) is 10.4 Å². The second-order valence-electron chi connectivity index (χ2n) is 6.03. The lowest BCUT2D eigenvalue weighted by Crippen LogP contribution is -2.57. The zero-order valence-electron chi connectivity index (χ0n) is 11.5.